The van der Waals surface area contributed by atoms with Crippen LogP contribution < -0.4 is 0 Å². The van der Waals surface area contributed by atoms with Crippen molar-refractivity contribution in [2.75, 3.05) is 0 Å². The van der Waals surface area contributed by atoms with E-state index < -0.39 is 0 Å². The first-order valence-electron chi connectivity index (χ1n) is 6.70. The molecule has 0 aromatic heterocycles. The molecule has 1 atom stereocenters. The van der Waals surface area contributed by atoms with Crippen molar-refractivity contribution >= 4 is 5.97 Å². The molecular weight excluding hydrogens is 212 g/mol. The van der Waals surface area contributed by atoms with Gasteiger partial charge in [-0.15, -0.1) is 0 Å². The fourth-order valence-electron chi connectivity index (χ4n) is 3.03. The number of rotatable bonds is 3. The van der Waals surface area contributed by atoms with E-state index in [1.165, 1.54) is 32.1 Å². The molecule has 2 rings (SSSR count). The molecular formula is C15H22O2. The molecule has 17 heavy (non-hydrogen) atoms. The molecule has 0 aliphatic heterocycles. The lowest BCUT2D eigenvalue weighted by Gasteiger charge is -2.38. The normalized spacial score (nSPS) is 29.2. The molecule has 0 radical (unpaired) electrons. The summed E-state index contributed by atoms with van der Waals surface area (Å²) in [6.07, 6.45) is 12.5. The lowest BCUT2D eigenvalue weighted by molar-refractivity contribution is -0.156. The maximum atomic E-state index is 11.8. The third-order valence-corrected chi connectivity index (χ3v) is 4.03. The van der Waals surface area contributed by atoms with Gasteiger partial charge in [0.2, 0.25) is 0 Å². The minimum Gasteiger partial charge on any atom is -0.451 e. The molecule has 0 saturated heterocycles. The van der Waals surface area contributed by atoms with E-state index in [0.29, 0.717) is 11.5 Å². The van der Waals surface area contributed by atoms with Crippen molar-refractivity contribution in [3.63, 3.8) is 0 Å². The Morgan fingerprint density at radius 1 is 1.35 bits per heavy atom. The Kier molecular flexibility index (Phi) is 3.70. The molecule has 1 fully saturated rings. The summed E-state index contributed by atoms with van der Waals surface area (Å²) < 4.78 is 5.77. The van der Waals surface area contributed by atoms with Gasteiger partial charge in [0.25, 0.3) is 0 Å². The molecule has 0 bridgehead atoms. The summed E-state index contributed by atoms with van der Waals surface area (Å²) in [5, 5.41) is 0. The van der Waals surface area contributed by atoms with Gasteiger partial charge in [0, 0.05) is 11.5 Å². The van der Waals surface area contributed by atoms with Gasteiger partial charge in [0.05, 0.1) is 0 Å². The van der Waals surface area contributed by atoms with E-state index in [9.17, 15) is 4.79 Å². The third kappa shape index (κ3) is 2.62. The molecule has 94 valence electrons. The minimum absolute atomic E-state index is 0.234. The van der Waals surface area contributed by atoms with Crippen molar-refractivity contribution in [3.8, 4) is 0 Å². The van der Waals surface area contributed by atoms with E-state index in [0.717, 1.165) is 12.8 Å². The summed E-state index contributed by atoms with van der Waals surface area (Å²) >= 11 is 0. The summed E-state index contributed by atoms with van der Waals surface area (Å²) in [5.74, 6) is 0.278. The van der Waals surface area contributed by atoms with E-state index in [1.54, 1.807) is 6.92 Å². The fraction of sp³-hybridized carbons (Fsp3) is 0.667. The van der Waals surface area contributed by atoms with Crippen LogP contribution in [0.4, 0.5) is 0 Å². The highest BCUT2D eigenvalue weighted by Gasteiger charge is 2.42. The maximum Gasteiger partial charge on any atom is 0.333 e. The summed E-state index contributed by atoms with van der Waals surface area (Å²) in [5.41, 5.74) is 0.177. The highest BCUT2D eigenvalue weighted by molar-refractivity contribution is 5.87. The van der Waals surface area contributed by atoms with Gasteiger partial charge in [-0.25, -0.2) is 4.79 Å². The van der Waals surface area contributed by atoms with Crippen molar-refractivity contribution in [2.45, 2.75) is 57.5 Å². The number of carbonyl (C=O) groups is 1. The highest BCUT2D eigenvalue weighted by atomic mass is 16.6. The topological polar surface area (TPSA) is 26.3 Å². The summed E-state index contributed by atoms with van der Waals surface area (Å²) in [7, 11) is 0. The smallest absolute Gasteiger partial charge is 0.333 e. The molecule has 0 aromatic rings. The molecule has 0 N–H and O–H groups in total. The SMILES string of the molecule is C=C(C)C(=O)OC1(C2CCCCC2)C=CCC1. The molecule has 2 aliphatic carbocycles. The maximum absolute atomic E-state index is 11.8. The number of hydrogen-bond donors (Lipinski definition) is 0. The molecule has 0 heterocycles. The lowest BCUT2D eigenvalue weighted by Crippen LogP contribution is -2.40. The van der Waals surface area contributed by atoms with Crippen LogP contribution in [0.2, 0.25) is 0 Å². The van der Waals surface area contributed by atoms with Gasteiger partial charge in [-0.3, -0.25) is 0 Å². The average molecular weight is 234 g/mol. The zero-order valence-corrected chi connectivity index (χ0v) is 10.7. The quantitative estimate of drug-likeness (QED) is 0.422. The van der Waals surface area contributed by atoms with Crippen LogP contribution in [0.25, 0.3) is 0 Å². The van der Waals surface area contributed by atoms with Gasteiger partial charge in [-0.05, 0) is 38.7 Å². The first-order valence-corrected chi connectivity index (χ1v) is 6.70. The minimum atomic E-state index is -0.323. The van der Waals surface area contributed by atoms with Crippen LogP contribution in [-0.4, -0.2) is 11.6 Å². The molecule has 0 aromatic carbocycles. The van der Waals surface area contributed by atoms with Crippen LogP contribution in [0.3, 0.4) is 0 Å². The molecule has 1 unspecified atom stereocenters. The van der Waals surface area contributed by atoms with Crippen LogP contribution in [-0.2, 0) is 9.53 Å². The predicted octanol–water partition coefficient (Wildman–Crippen LogP) is 3.77. The molecule has 2 aliphatic rings. The standard InChI is InChI=1S/C15H22O2/c1-12(2)14(16)17-15(10-6-7-11-15)13-8-4-3-5-9-13/h6,10,13H,1,3-5,7-9,11H2,2H3. The van der Waals surface area contributed by atoms with Crippen molar-refractivity contribution in [3.05, 3.63) is 24.3 Å². The van der Waals surface area contributed by atoms with Crippen molar-refractivity contribution in [1.29, 1.82) is 0 Å². The summed E-state index contributed by atoms with van der Waals surface area (Å²) in [6, 6.07) is 0. The first kappa shape index (κ1) is 12.4. The molecule has 1 saturated carbocycles. The molecule has 0 amide bonds. The van der Waals surface area contributed by atoms with Gasteiger partial charge in [0.1, 0.15) is 5.60 Å². The highest BCUT2D eigenvalue weighted by Crippen LogP contribution is 2.42. The number of hydrogen-bond acceptors (Lipinski definition) is 2. The Hall–Kier alpha value is -1.05. The Bertz CT molecular complexity index is 337. The van der Waals surface area contributed by atoms with Crippen molar-refractivity contribution in [2.24, 2.45) is 5.92 Å². The fourth-order valence-corrected chi connectivity index (χ4v) is 3.03. The largest absolute Gasteiger partial charge is 0.451 e. The molecule has 2 nitrogen and oxygen atoms in total. The van der Waals surface area contributed by atoms with E-state index in [4.69, 9.17) is 4.74 Å². The van der Waals surface area contributed by atoms with Crippen LogP contribution in [0.1, 0.15) is 51.9 Å². The summed E-state index contributed by atoms with van der Waals surface area (Å²) in [4.78, 5) is 11.8. The second kappa shape index (κ2) is 5.07. The van der Waals surface area contributed by atoms with Gasteiger partial charge in [-0.2, -0.15) is 0 Å². The summed E-state index contributed by atoms with van der Waals surface area (Å²) in [6.45, 7) is 5.39. The van der Waals surface area contributed by atoms with Crippen molar-refractivity contribution in [1.82, 2.24) is 0 Å². The monoisotopic (exact) mass is 234 g/mol. The molecule has 0 spiro atoms. The Balaban J connectivity index is 2.11. The van der Waals surface area contributed by atoms with E-state index in [1.807, 2.05) is 0 Å². The van der Waals surface area contributed by atoms with Crippen LogP contribution in [0, 0.1) is 5.92 Å². The number of esters is 1. The lowest BCUT2D eigenvalue weighted by atomic mass is 9.76. The Morgan fingerprint density at radius 3 is 2.59 bits per heavy atom. The number of ether oxygens (including phenoxy) is 1. The average Bonchev–Trinajstić information content (AvgIpc) is 2.80. The van der Waals surface area contributed by atoms with E-state index in [2.05, 4.69) is 18.7 Å². The first-order chi connectivity index (χ1) is 8.14. The van der Waals surface area contributed by atoms with E-state index in [-0.39, 0.29) is 11.6 Å². The second-order valence-electron chi connectivity index (χ2n) is 5.40. The zero-order chi connectivity index (χ0) is 12.3. The second-order valence-corrected chi connectivity index (χ2v) is 5.40. The van der Waals surface area contributed by atoms with Crippen molar-refractivity contribution < 1.29 is 9.53 Å². The number of allylic oxidation sites excluding steroid dienone is 1. The zero-order valence-electron chi connectivity index (χ0n) is 10.7. The third-order valence-electron chi connectivity index (χ3n) is 4.03. The predicted molar refractivity (Wildman–Crippen MR) is 68.6 cm³/mol. The van der Waals surface area contributed by atoms with Crippen LogP contribution >= 0.6 is 0 Å². The van der Waals surface area contributed by atoms with Crippen LogP contribution in [0.5, 0.6) is 0 Å². The van der Waals surface area contributed by atoms with Crippen LogP contribution in [0.15, 0.2) is 24.3 Å². The Morgan fingerprint density at radius 2 is 2.06 bits per heavy atom. The van der Waals surface area contributed by atoms with E-state index >= 15 is 0 Å². The number of carbonyl (C=O) groups excluding carboxylic acids is 1. The van der Waals surface area contributed by atoms with Gasteiger partial charge < -0.3 is 4.74 Å². The van der Waals surface area contributed by atoms with Gasteiger partial charge in [-0.1, -0.05) is 31.9 Å². The molecule has 2 heteroatoms. The van der Waals surface area contributed by atoms with Gasteiger partial charge in [0.15, 0.2) is 0 Å². The van der Waals surface area contributed by atoms with Gasteiger partial charge >= 0.3 is 5.97 Å². The Labute approximate surface area is 104 Å².